The molecule has 57 heavy (non-hydrogen) atoms. The summed E-state index contributed by atoms with van der Waals surface area (Å²) in [7, 11) is -0.989. The molecule has 0 atom stereocenters. The highest BCUT2D eigenvalue weighted by molar-refractivity contribution is 6.62. The number of rotatable bonds is 6. The molecule has 0 radical (unpaired) electrons. The summed E-state index contributed by atoms with van der Waals surface area (Å²) >= 11 is 0. The molecule has 4 heterocycles. The van der Waals surface area contributed by atoms with Gasteiger partial charge in [0.25, 0.3) is 0 Å². The summed E-state index contributed by atoms with van der Waals surface area (Å²) in [5.41, 5.74) is 4.07. The number of ketones is 1. The number of hydrogen-bond donors (Lipinski definition) is 2. The van der Waals surface area contributed by atoms with Crippen molar-refractivity contribution in [1.29, 1.82) is 0 Å². The van der Waals surface area contributed by atoms with Crippen LogP contribution in [0.4, 0.5) is 32.2 Å². The highest BCUT2D eigenvalue weighted by Gasteiger charge is 2.52. The van der Waals surface area contributed by atoms with Crippen LogP contribution in [0.25, 0.3) is 0 Å². The molecule has 2 aliphatic heterocycles. The number of anilines is 1. The van der Waals surface area contributed by atoms with E-state index >= 15 is 0 Å². The smallest absolute Gasteiger partial charge is 0.478 e. The highest BCUT2D eigenvalue weighted by Crippen LogP contribution is 2.37. The second kappa shape index (κ2) is 16.6. The lowest BCUT2D eigenvalue weighted by Crippen LogP contribution is -2.41. The molecule has 4 aromatic rings. The third kappa shape index (κ3) is 11.2. The summed E-state index contributed by atoms with van der Waals surface area (Å²) in [6.45, 7) is 15.7. The van der Waals surface area contributed by atoms with Crippen LogP contribution in [0.15, 0.2) is 85.2 Å². The lowest BCUT2D eigenvalue weighted by Gasteiger charge is -2.32. The third-order valence-electron chi connectivity index (χ3n) is 10.0. The average Bonchev–Trinajstić information content (AvgIpc) is 3.47. The van der Waals surface area contributed by atoms with E-state index in [0.717, 1.165) is 47.6 Å². The van der Waals surface area contributed by atoms with Gasteiger partial charge in [-0.3, -0.25) is 9.78 Å². The van der Waals surface area contributed by atoms with Crippen molar-refractivity contribution in [3.63, 3.8) is 0 Å². The molecule has 2 aromatic carbocycles. The predicted molar refractivity (Wildman–Crippen MR) is 202 cm³/mol. The molecule has 10 nitrogen and oxygen atoms in total. The number of carbonyl (C=O) groups excluding carboxylic acids is 1. The van der Waals surface area contributed by atoms with Crippen LogP contribution in [0.5, 0.6) is 0 Å². The van der Waals surface area contributed by atoms with Gasteiger partial charge in [0.1, 0.15) is 5.82 Å². The van der Waals surface area contributed by atoms with Gasteiger partial charge in [-0.05, 0) is 103 Å². The number of halogens is 6. The lowest BCUT2D eigenvalue weighted by molar-refractivity contribution is -0.138. The third-order valence-corrected chi connectivity index (χ3v) is 10.0. The summed E-state index contributed by atoms with van der Waals surface area (Å²) in [5, 5.41) is 8.84. The van der Waals surface area contributed by atoms with Gasteiger partial charge in [-0.2, -0.15) is 26.3 Å². The van der Waals surface area contributed by atoms with E-state index in [1.807, 2.05) is 55.4 Å². The molecule has 0 saturated carbocycles. The Morgan fingerprint density at radius 2 is 0.982 bits per heavy atom. The first-order valence-corrected chi connectivity index (χ1v) is 17.6. The van der Waals surface area contributed by atoms with Gasteiger partial charge in [0, 0.05) is 23.7 Å². The molecule has 3 N–H and O–H groups in total. The van der Waals surface area contributed by atoms with Crippen molar-refractivity contribution in [2.45, 2.75) is 96.6 Å². The van der Waals surface area contributed by atoms with Gasteiger partial charge in [0.2, 0.25) is 0 Å². The largest absolute Gasteiger partial charge is 0.494 e. The topological polar surface area (TPSA) is 143 Å². The molecule has 2 aliphatic rings. The van der Waals surface area contributed by atoms with Gasteiger partial charge in [0.15, 0.2) is 5.78 Å². The quantitative estimate of drug-likeness (QED) is 0.117. The van der Waals surface area contributed by atoms with E-state index in [0.29, 0.717) is 5.56 Å². The van der Waals surface area contributed by atoms with E-state index in [4.69, 9.17) is 29.5 Å². The molecular formula is C39H43B2F6N3O7. The molecule has 304 valence electrons. The minimum Gasteiger partial charge on any atom is -0.478 e. The van der Waals surface area contributed by atoms with Crippen molar-refractivity contribution in [2.75, 3.05) is 5.73 Å². The number of carboxylic acid groups (broad SMARTS) is 1. The molecule has 2 fully saturated rings. The van der Waals surface area contributed by atoms with Gasteiger partial charge >= 0.3 is 32.6 Å². The molecule has 0 amide bonds. The second-order valence-corrected chi connectivity index (χ2v) is 15.3. The van der Waals surface area contributed by atoms with Crippen molar-refractivity contribution in [2.24, 2.45) is 0 Å². The second-order valence-electron chi connectivity index (χ2n) is 15.3. The molecular weight excluding hydrogens is 758 g/mol. The summed E-state index contributed by atoms with van der Waals surface area (Å²) in [4.78, 5) is 30.5. The van der Waals surface area contributed by atoms with Crippen LogP contribution in [-0.4, -0.2) is 63.5 Å². The van der Waals surface area contributed by atoms with E-state index in [1.165, 1.54) is 0 Å². The summed E-state index contributed by atoms with van der Waals surface area (Å²) in [5.74, 6) is -1.37. The maximum absolute atomic E-state index is 12.8. The fourth-order valence-electron chi connectivity index (χ4n) is 5.21. The van der Waals surface area contributed by atoms with Crippen molar-refractivity contribution in [1.82, 2.24) is 9.97 Å². The number of benzene rings is 2. The normalized spacial score (nSPS) is 17.9. The molecule has 0 aliphatic carbocycles. The first-order valence-electron chi connectivity index (χ1n) is 17.6. The van der Waals surface area contributed by atoms with E-state index in [2.05, 4.69) is 9.97 Å². The van der Waals surface area contributed by atoms with E-state index in [-0.39, 0.29) is 40.5 Å². The molecule has 0 spiro atoms. The zero-order chi connectivity index (χ0) is 42.8. The van der Waals surface area contributed by atoms with Crippen molar-refractivity contribution in [3.8, 4) is 0 Å². The Bertz CT molecular complexity index is 2010. The molecule has 0 bridgehead atoms. The number of pyridine rings is 2. The van der Waals surface area contributed by atoms with Crippen molar-refractivity contribution in [3.05, 3.63) is 113 Å². The summed E-state index contributed by atoms with van der Waals surface area (Å²) < 4.78 is 97.7. The Balaban J connectivity index is 0.000000211. The van der Waals surface area contributed by atoms with Crippen LogP contribution in [-0.2, 0) is 37.4 Å². The number of carbonyl (C=O) groups is 2. The number of nitrogens with two attached hydrogens (primary N) is 1. The zero-order valence-corrected chi connectivity index (χ0v) is 32.6. The number of Topliss-reactive ketones (excluding diaryl/α,β-unsaturated/α-hetero) is 1. The van der Waals surface area contributed by atoms with Crippen LogP contribution < -0.4 is 16.7 Å². The monoisotopic (exact) mass is 801 g/mol. The Kier molecular flexibility index (Phi) is 13.1. The molecule has 6 rings (SSSR count). The fraction of sp³-hybridized carbons (Fsp3) is 0.385. The van der Waals surface area contributed by atoms with E-state index in [9.17, 15) is 35.9 Å². The zero-order valence-electron chi connectivity index (χ0n) is 32.6. The lowest BCUT2D eigenvalue weighted by atomic mass is 9.78. The standard InChI is InChI=1S/C20H21BF3NO3.C13H17BO4.C6H5F3N2/c1-18(2)19(3,4)28-21(27-18)15-7-5-13(6-8-15)17(26)12-16-11-14(9-10-25-16)20(22,23)24;1-12(2)13(3,4)18-14(17-12)10-7-5-9(6-8-10)11(15)16;7-6(8,9)4-1-2-11-5(10)3-4/h5-11H,12H2,1-4H3;5-8H,1-4H3,(H,15,16);1-3H,(H2,10,11). The minimum atomic E-state index is -4.47. The Morgan fingerprint density at radius 1 is 0.614 bits per heavy atom. The Labute approximate surface area is 327 Å². The van der Waals surface area contributed by atoms with Crippen LogP contribution in [0.2, 0.25) is 0 Å². The number of hydrogen-bond acceptors (Lipinski definition) is 9. The highest BCUT2D eigenvalue weighted by atomic mass is 19.4. The molecule has 2 saturated heterocycles. The number of nitrogens with zero attached hydrogens (tertiary/aromatic N) is 2. The number of aromatic carboxylic acids is 1. The van der Waals surface area contributed by atoms with Crippen LogP contribution in [0, 0.1) is 0 Å². The van der Waals surface area contributed by atoms with Gasteiger partial charge in [-0.25, -0.2) is 9.78 Å². The van der Waals surface area contributed by atoms with E-state index in [1.54, 1.807) is 48.5 Å². The number of carboxylic acids is 1. The molecule has 2 aromatic heterocycles. The van der Waals surface area contributed by atoms with Crippen LogP contribution in [0.1, 0.15) is 92.9 Å². The van der Waals surface area contributed by atoms with Gasteiger partial charge < -0.3 is 29.5 Å². The number of aromatic nitrogens is 2. The fourth-order valence-corrected chi connectivity index (χ4v) is 5.21. The predicted octanol–water partition coefficient (Wildman–Crippen LogP) is 7.19. The first-order chi connectivity index (χ1) is 26.1. The van der Waals surface area contributed by atoms with Crippen LogP contribution in [0.3, 0.4) is 0 Å². The van der Waals surface area contributed by atoms with E-state index < -0.39 is 54.9 Å². The Hall–Kier alpha value is -4.77. The maximum atomic E-state index is 12.8. The van der Waals surface area contributed by atoms with Crippen LogP contribution >= 0.6 is 0 Å². The maximum Gasteiger partial charge on any atom is 0.494 e. The molecule has 0 unspecified atom stereocenters. The van der Waals surface area contributed by atoms with Gasteiger partial charge in [-0.15, -0.1) is 0 Å². The number of alkyl halides is 6. The van der Waals surface area contributed by atoms with Crippen molar-refractivity contribution < 1.29 is 59.7 Å². The first kappa shape index (κ1) is 44.9. The van der Waals surface area contributed by atoms with Gasteiger partial charge in [0.05, 0.1) is 45.5 Å². The summed E-state index contributed by atoms with van der Waals surface area (Å²) in [6.07, 6.45) is -6.92. The Morgan fingerprint density at radius 3 is 1.33 bits per heavy atom. The van der Waals surface area contributed by atoms with Crippen molar-refractivity contribution >= 4 is 42.7 Å². The van der Waals surface area contributed by atoms with Gasteiger partial charge in [-0.1, -0.05) is 36.4 Å². The minimum absolute atomic E-state index is 0.0786. The molecule has 18 heteroatoms. The SMILES string of the molecule is CC1(C)OB(c2ccc(C(=O)Cc3cc(C(F)(F)F)ccn3)cc2)OC1(C)C.CC1(C)OB(c2ccc(C(=O)O)cc2)OC1(C)C.Nc1cc(C(F)(F)F)ccn1. The summed E-state index contributed by atoms with van der Waals surface area (Å²) in [6, 6.07) is 16.7. The average molecular weight is 801 g/mol. The number of nitrogen functional groups attached to an aromatic ring is 1.